The van der Waals surface area contributed by atoms with Crippen molar-refractivity contribution < 1.29 is 4.74 Å². The summed E-state index contributed by atoms with van der Waals surface area (Å²) in [4.78, 5) is 4.82. The van der Waals surface area contributed by atoms with Crippen LogP contribution >= 0.6 is 0 Å². The number of morpholine rings is 1. The zero-order valence-corrected chi connectivity index (χ0v) is 12.1. The van der Waals surface area contributed by atoms with Crippen molar-refractivity contribution in [3.63, 3.8) is 0 Å². The predicted molar refractivity (Wildman–Crippen MR) is 80.7 cm³/mol. The minimum Gasteiger partial charge on any atom is -0.397 e. The molecule has 0 spiro atoms. The summed E-state index contributed by atoms with van der Waals surface area (Å²) < 4.78 is 5.38. The third-order valence-corrected chi connectivity index (χ3v) is 3.81. The van der Waals surface area contributed by atoms with E-state index in [0.29, 0.717) is 0 Å². The first kappa shape index (κ1) is 14.2. The van der Waals surface area contributed by atoms with E-state index >= 15 is 0 Å². The molecule has 1 aliphatic heterocycles. The van der Waals surface area contributed by atoms with Gasteiger partial charge in [-0.1, -0.05) is 12.1 Å². The second-order valence-electron chi connectivity index (χ2n) is 5.04. The molecule has 1 heterocycles. The summed E-state index contributed by atoms with van der Waals surface area (Å²) in [6, 6.07) is 6.26. The number of nitrogens with two attached hydrogens (primary N) is 1. The van der Waals surface area contributed by atoms with Crippen LogP contribution in [0.25, 0.3) is 0 Å². The van der Waals surface area contributed by atoms with Gasteiger partial charge in [-0.2, -0.15) is 0 Å². The van der Waals surface area contributed by atoms with Gasteiger partial charge in [0.05, 0.1) is 24.6 Å². The van der Waals surface area contributed by atoms with Crippen molar-refractivity contribution in [1.29, 1.82) is 0 Å². The summed E-state index contributed by atoms with van der Waals surface area (Å²) >= 11 is 0. The molecule has 0 amide bonds. The van der Waals surface area contributed by atoms with Crippen molar-refractivity contribution in [3.8, 4) is 0 Å². The van der Waals surface area contributed by atoms with E-state index in [9.17, 15) is 0 Å². The molecule has 106 valence electrons. The highest BCUT2D eigenvalue weighted by molar-refractivity contribution is 5.70. The molecule has 4 heteroatoms. The quantitative estimate of drug-likeness (QED) is 0.822. The average molecular weight is 263 g/mol. The number of aryl methyl sites for hydroxylation is 1. The summed E-state index contributed by atoms with van der Waals surface area (Å²) in [6.07, 6.45) is 0. The number of ether oxygens (including phenoxy) is 1. The van der Waals surface area contributed by atoms with E-state index in [1.54, 1.807) is 0 Å². The van der Waals surface area contributed by atoms with Crippen LogP contribution in [0.15, 0.2) is 18.2 Å². The Labute approximate surface area is 116 Å². The second kappa shape index (κ2) is 6.78. The molecule has 0 unspecified atom stereocenters. The number of hydrogen-bond acceptors (Lipinski definition) is 4. The Hall–Kier alpha value is -1.26. The fourth-order valence-corrected chi connectivity index (χ4v) is 2.48. The Morgan fingerprint density at radius 1 is 1.32 bits per heavy atom. The summed E-state index contributed by atoms with van der Waals surface area (Å²) in [7, 11) is 0. The number of nitrogens with zero attached hydrogens (tertiary/aromatic N) is 2. The van der Waals surface area contributed by atoms with Gasteiger partial charge in [0.15, 0.2) is 0 Å². The van der Waals surface area contributed by atoms with Crippen LogP contribution in [0.1, 0.15) is 12.5 Å². The molecular weight excluding hydrogens is 238 g/mol. The van der Waals surface area contributed by atoms with Gasteiger partial charge in [-0.3, -0.25) is 4.90 Å². The number of para-hydroxylation sites is 1. The van der Waals surface area contributed by atoms with Crippen LogP contribution in [0.5, 0.6) is 0 Å². The number of likely N-dealkylation sites (N-methyl/N-ethyl adjacent to an activating group) is 1. The lowest BCUT2D eigenvalue weighted by molar-refractivity contribution is 0.0392. The SMILES string of the molecule is CCN(CCN1CCOCC1)c1cccc(C)c1N. The van der Waals surface area contributed by atoms with Crippen molar-refractivity contribution in [2.24, 2.45) is 0 Å². The Kier molecular flexibility index (Phi) is 5.05. The molecule has 0 aliphatic carbocycles. The molecule has 0 saturated carbocycles. The highest BCUT2D eigenvalue weighted by Crippen LogP contribution is 2.25. The van der Waals surface area contributed by atoms with Gasteiger partial charge in [0.25, 0.3) is 0 Å². The van der Waals surface area contributed by atoms with E-state index in [2.05, 4.69) is 41.8 Å². The second-order valence-corrected chi connectivity index (χ2v) is 5.04. The molecule has 1 aromatic carbocycles. The maximum atomic E-state index is 6.19. The van der Waals surface area contributed by atoms with E-state index < -0.39 is 0 Å². The van der Waals surface area contributed by atoms with Crippen LogP contribution in [-0.2, 0) is 4.74 Å². The average Bonchev–Trinajstić information content (AvgIpc) is 2.45. The molecule has 0 radical (unpaired) electrons. The van der Waals surface area contributed by atoms with Crippen molar-refractivity contribution in [2.45, 2.75) is 13.8 Å². The highest BCUT2D eigenvalue weighted by Gasteiger charge is 2.13. The largest absolute Gasteiger partial charge is 0.397 e. The first-order chi connectivity index (χ1) is 9.22. The summed E-state index contributed by atoms with van der Waals surface area (Å²) in [6.45, 7) is 11.1. The third-order valence-electron chi connectivity index (χ3n) is 3.81. The molecule has 0 aromatic heterocycles. The van der Waals surface area contributed by atoms with Crippen LogP contribution < -0.4 is 10.6 Å². The van der Waals surface area contributed by atoms with Gasteiger partial charge in [0.1, 0.15) is 0 Å². The van der Waals surface area contributed by atoms with Gasteiger partial charge >= 0.3 is 0 Å². The molecule has 1 saturated heterocycles. The summed E-state index contributed by atoms with van der Waals surface area (Å²) in [5.41, 5.74) is 9.42. The van der Waals surface area contributed by atoms with Crippen molar-refractivity contribution in [2.75, 3.05) is 56.6 Å². The summed E-state index contributed by atoms with van der Waals surface area (Å²) in [5.74, 6) is 0. The molecule has 1 aromatic rings. The van der Waals surface area contributed by atoms with Gasteiger partial charge in [0.2, 0.25) is 0 Å². The van der Waals surface area contributed by atoms with Gasteiger partial charge < -0.3 is 15.4 Å². The third kappa shape index (κ3) is 3.61. The first-order valence-electron chi connectivity index (χ1n) is 7.12. The number of hydrogen-bond donors (Lipinski definition) is 1. The predicted octanol–water partition coefficient (Wildman–Crippen LogP) is 1.74. The molecule has 1 fully saturated rings. The summed E-state index contributed by atoms with van der Waals surface area (Å²) in [5, 5.41) is 0. The van der Waals surface area contributed by atoms with Gasteiger partial charge in [-0.15, -0.1) is 0 Å². The monoisotopic (exact) mass is 263 g/mol. The van der Waals surface area contributed by atoms with Crippen LogP contribution in [0, 0.1) is 6.92 Å². The van der Waals surface area contributed by atoms with Crippen molar-refractivity contribution >= 4 is 11.4 Å². The Balaban J connectivity index is 1.97. The normalized spacial score (nSPS) is 16.5. The van der Waals surface area contributed by atoms with Gasteiger partial charge in [0, 0.05) is 32.7 Å². The minimum atomic E-state index is 0.860. The minimum absolute atomic E-state index is 0.860. The van der Waals surface area contributed by atoms with E-state index in [-0.39, 0.29) is 0 Å². The lowest BCUT2D eigenvalue weighted by Gasteiger charge is -2.31. The molecule has 0 atom stereocenters. The standard InChI is InChI=1S/C15H25N3O/c1-3-18(8-7-17-9-11-19-12-10-17)14-6-4-5-13(2)15(14)16/h4-6H,3,7-12,16H2,1-2H3. The zero-order valence-electron chi connectivity index (χ0n) is 12.1. The Morgan fingerprint density at radius 3 is 2.74 bits per heavy atom. The first-order valence-corrected chi connectivity index (χ1v) is 7.12. The zero-order chi connectivity index (χ0) is 13.7. The van der Waals surface area contributed by atoms with Crippen molar-refractivity contribution in [3.05, 3.63) is 23.8 Å². The number of rotatable bonds is 5. The maximum absolute atomic E-state index is 6.19. The van der Waals surface area contributed by atoms with Crippen LogP contribution in [-0.4, -0.2) is 50.8 Å². The number of nitrogen functional groups attached to an aromatic ring is 1. The molecule has 0 bridgehead atoms. The Bertz CT molecular complexity index is 402. The van der Waals surface area contributed by atoms with Gasteiger partial charge in [-0.25, -0.2) is 0 Å². The molecule has 2 N–H and O–H groups in total. The molecule has 4 nitrogen and oxygen atoms in total. The molecule has 2 rings (SSSR count). The topological polar surface area (TPSA) is 41.7 Å². The van der Waals surface area contributed by atoms with E-state index in [0.717, 1.165) is 62.9 Å². The number of benzene rings is 1. The smallest absolute Gasteiger partial charge is 0.0603 e. The molecule has 1 aliphatic rings. The molecular formula is C15H25N3O. The van der Waals surface area contributed by atoms with Gasteiger partial charge in [-0.05, 0) is 25.5 Å². The van der Waals surface area contributed by atoms with E-state index in [1.165, 1.54) is 0 Å². The number of anilines is 2. The highest BCUT2D eigenvalue weighted by atomic mass is 16.5. The van der Waals surface area contributed by atoms with E-state index in [4.69, 9.17) is 10.5 Å². The van der Waals surface area contributed by atoms with Crippen LogP contribution in [0.3, 0.4) is 0 Å². The fraction of sp³-hybridized carbons (Fsp3) is 0.600. The fourth-order valence-electron chi connectivity index (χ4n) is 2.48. The Morgan fingerprint density at radius 2 is 2.05 bits per heavy atom. The molecule has 19 heavy (non-hydrogen) atoms. The van der Waals surface area contributed by atoms with Crippen LogP contribution in [0.2, 0.25) is 0 Å². The van der Waals surface area contributed by atoms with Crippen molar-refractivity contribution in [1.82, 2.24) is 4.90 Å². The van der Waals surface area contributed by atoms with Crippen LogP contribution in [0.4, 0.5) is 11.4 Å². The lowest BCUT2D eigenvalue weighted by Crippen LogP contribution is -2.41. The maximum Gasteiger partial charge on any atom is 0.0603 e. The van der Waals surface area contributed by atoms with E-state index in [1.807, 2.05) is 0 Å². The lowest BCUT2D eigenvalue weighted by atomic mass is 10.1.